The quantitative estimate of drug-likeness (QED) is 0.833. The van der Waals surface area contributed by atoms with Crippen LogP contribution >= 0.6 is 27.5 Å². The smallest absolute Gasteiger partial charge is 0.240 e. The molecule has 2 aromatic rings. The molecule has 1 aliphatic rings. The highest BCUT2D eigenvalue weighted by molar-refractivity contribution is 9.10. The number of amides is 1. The van der Waals surface area contributed by atoms with Crippen molar-refractivity contribution in [2.75, 3.05) is 0 Å². The second-order valence-electron chi connectivity index (χ2n) is 5.27. The van der Waals surface area contributed by atoms with Crippen molar-refractivity contribution in [1.29, 1.82) is 0 Å². The van der Waals surface area contributed by atoms with Crippen LogP contribution in [0, 0.1) is 5.82 Å². The standard InChI is InChI=1S/C14H14BrClFN3O/c1-7(16)14-19-11-4-9(15)10(17)5-12(11)20(14)6-13(21)18-8-2-3-8/h4-5,7-8H,2-3,6H2,1H3,(H,18,21). The second kappa shape index (κ2) is 5.57. The van der Waals surface area contributed by atoms with Crippen molar-refractivity contribution >= 4 is 44.5 Å². The van der Waals surface area contributed by atoms with Gasteiger partial charge in [0.25, 0.3) is 0 Å². The van der Waals surface area contributed by atoms with E-state index in [1.807, 2.05) is 0 Å². The predicted octanol–water partition coefficient (Wildman–Crippen LogP) is 3.52. The fourth-order valence-electron chi connectivity index (χ4n) is 2.25. The number of carbonyl (C=O) groups excluding carboxylic acids is 1. The number of rotatable bonds is 4. The van der Waals surface area contributed by atoms with Crippen LogP contribution in [-0.2, 0) is 11.3 Å². The molecule has 1 amide bonds. The van der Waals surface area contributed by atoms with Crippen LogP contribution in [0.5, 0.6) is 0 Å². The number of imidazole rings is 1. The second-order valence-corrected chi connectivity index (χ2v) is 6.78. The Labute approximate surface area is 134 Å². The van der Waals surface area contributed by atoms with Crippen molar-refractivity contribution in [2.45, 2.75) is 37.7 Å². The highest BCUT2D eigenvalue weighted by atomic mass is 79.9. The number of alkyl halides is 1. The summed E-state index contributed by atoms with van der Waals surface area (Å²) in [5, 5.41) is 2.55. The molecule has 0 spiro atoms. The number of fused-ring (bicyclic) bond motifs is 1. The summed E-state index contributed by atoms with van der Waals surface area (Å²) < 4.78 is 15.8. The molecule has 1 N–H and O–H groups in total. The number of nitrogens with one attached hydrogen (secondary N) is 1. The van der Waals surface area contributed by atoms with E-state index in [1.165, 1.54) is 6.07 Å². The molecule has 1 saturated carbocycles. The minimum Gasteiger partial charge on any atom is -0.352 e. The van der Waals surface area contributed by atoms with Gasteiger partial charge in [0.1, 0.15) is 18.2 Å². The Morgan fingerprint density at radius 3 is 2.95 bits per heavy atom. The Morgan fingerprint density at radius 1 is 1.62 bits per heavy atom. The lowest BCUT2D eigenvalue weighted by Crippen LogP contribution is -2.29. The van der Waals surface area contributed by atoms with Gasteiger partial charge in [-0.05, 0) is 41.8 Å². The van der Waals surface area contributed by atoms with E-state index in [0.717, 1.165) is 12.8 Å². The van der Waals surface area contributed by atoms with E-state index >= 15 is 0 Å². The number of nitrogens with zero attached hydrogens (tertiary/aromatic N) is 2. The van der Waals surface area contributed by atoms with Gasteiger partial charge >= 0.3 is 0 Å². The zero-order valence-corrected chi connectivity index (χ0v) is 13.7. The van der Waals surface area contributed by atoms with Gasteiger partial charge in [-0.2, -0.15) is 0 Å². The molecule has 1 aromatic carbocycles. The molecule has 0 aliphatic heterocycles. The van der Waals surface area contributed by atoms with E-state index in [0.29, 0.717) is 21.3 Å². The molecule has 1 aliphatic carbocycles. The van der Waals surface area contributed by atoms with Crippen molar-refractivity contribution in [3.8, 4) is 0 Å². The number of hydrogen-bond donors (Lipinski definition) is 1. The number of aromatic nitrogens is 2. The highest BCUT2D eigenvalue weighted by Crippen LogP contribution is 2.28. The molecule has 3 rings (SSSR count). The van der Waals surface area contributed by atoms with Gasteiger partial charge in [-0.15, -0.1) is 11.6 Å². The van der Waals surface area contributed by atoms with Crippen molar-refractivity contribution in [2.24, 2.45) is 0 Å². The minimum absolute atomic E-state index is 0.0977. The zero-order chi connectivity index (χ0) is 15.1. The molecule has 1 fully saturated rings. The van der Waals surface area contributed by atoms with Crippen LogP contribution in [0.15, 0.2) is 16.6 Å². The summed E-state index contributed by atoms with van der Waals surface area (Å²) in [6.45, 7) is 1.88. The normalized spacial score (nSPS) is 16.2. The Bertz CT molecular complexity index is 712. The number of carbonyl (C=O) groups is 1. The fraction of sp³-hybridized carbons (Fsp3) is 0.429. The van der Waals surface area contributed by atoms with Gasteiger partial charge in [-0.1, -0.05) is 0 Å². The van der Waals surface area contributed by atoms with Crippen LogP contribution in [0.4, 0.5) is 4.39 Å². The molecule has 0 bridgehead atoms. The van der Waals surface area contributed by atoms with E-state index in [1.54, 1.807) is 17.6 Å². The number of halogens is 3. The first-order valence-electron chi connectivity index (χ1n) is 6.74. The summed E-state index contributed by atoms with van der Waals surface area (Å²) in [6.07, 6.45) is 2.05. The van der Waals surface area contributed by atoms with Crippen LogP contribution in [-0.4, -0.2) is 21.5 Å². The summed E-state index contributed by atoms with van der Waals surface area (Å²) in [7, 11) is 0. The first kappa shape index (κ1) is 14.8. The molecular weight excluding hydrogens is 361 g/mol. The summed E-state index contributed by atoms with van der Waals surface area (Å²) in [6, 6.07) is 3.26. The summed E-state index contributed by atoms with van der Waals surface area (Å²) in [5.41, 5.74) is 1.19. The van der Waals surface area contributed by atoms with Gasteiger partial charge in [0.05, 0.1) is 20.9 Å². The summed E-state index contributed by atoms with van der Waals surface area (Å²) in [5.74, 6) is 0.0776. The first-order valence-corrected chi connectivity index (χ1v) is 7.97. The Kier molecular flexibility index (Phi) is 3.92. The minimum atomic E-state index is -0.389. The zero-order valence-electron chi connectivity index (χ0n) is 11.4. The molecule has 112 valence electrons. The third-order valence-corrected chi connectivity index (χ3v) is 4.22. The van der Waals surface area contributed by atoms with Gasteiger partial charge in [-0.25, -0.2) is 9.37 Å². The third-order valence-electron chi connectivity index (χ3n) is 3.42. The summed E-state index contributed by atoms with van der Waals surface area (Å²) >= 11 is 9.28. The van der Waals surface area contributed by atoms with Gasteiger partial charge < -0.3 is 9.88 Å². The molecule has 1 aromatic heterocycles. The van der Waals surface area contributed by atoms with Crippen molar-refractivity contribution < 1.29 is 9.18 Å². The average molecular weight is 375 g/mol. The predicted molar refractivity (Wildman–Crippen MR) is 82.8 cm³/mol. The maximum absolute atomic E-state index is 13.8. The van der Waals surface area contributed by atoms with Crippen molar-refractivity contribution in [3.63, 3.8) is 0 Å². The topological polar surface area (TPSA) is 46.9 Å². The first-order chi connectivity index (χ1) is 9.95. The van der Waals surface area contributed by atoms with Crippen LogP contribution in [0.25, 0.3) is 11.0 Å². The molecule has 1 heterocycles. The maximum Gasteiger partial charge on any atom is 0.240 e. The fourth-order valence-corrected chi connectivity index (χ4v) is 2.75. The number of benzene rings is 1. The van der Waals surface area contributed by atoms with Crippen LogP contribution in [0.2, 0.25) is 0 Å². The molecule has 21 heavy (non-hydrogen) atoms. The van der Waals surface area contributed by atoms with Crippen molar-refractivity contribution in [3.05, 3.63) is 28.2 Å². The molecule has 0 radical (unpaired) electrons. The highest BCUT2D eigenvalue weighted by Gasteiger charge is 2.25. The molecule has 1 unspecified atom stereocenters. The molecule has 0 saturated heterocycles. The lowest BCUT2D eigenvalue weighted by Gasteiger charge is -2.10. The number of hydrogen-bond acceptors (Lipinski definition) is 2. The molecular formula is C14H14BrClFN3O. The Morgan fingerprint density at radius 2 is 2.33 bits per heavy atom. The Hall–Kier alpha value is -1.14. The molecule has 1 atom stereocenters. The van der Waals surface area contributed by atoms with Crippen LogP contribution in [0.1, 0.15) is 31.0 Å². The van der Waals surface area contributed by atoms with E-state index in [2.05, 4.69) is 26.2 Å². The lowest BCUT2D eigenvalue weighted by molar-refractivity contribution is -0.121. The van der Waals surface area contributed by atoms with E-state index < -0.39 is 0 Å². The van der Waals surface area contributed by atoms with Crippen LogP contribution in [0.3, 0.4) is 0 Å². The van der Waals surface area contributed by atoms with E-state index in [4.69, 9.17) is 11.6 Å². The SMILES string of the molecule is CC(Cl)c1nc2cc(Br)c(F)cc2n1CC(=O)NC1CC1. The molecule has 7 heteroatoms. The average Bonchev–Trinajstić information content (AvgIpc) is 3.14. The third kappa shape index (κ3) is 3.06. The van der Waals surface area contributed by atoms with Gasteiger partial charge in [0.15, 0.2) is 0 Å². The van der Waals surface area contributed by atoms with Gasteiger partial charge in [-0.3, -0.25) is 4.79 Å². The maximum atomic E-state index is 13.8. The largest absolute Gasteiger partial charge is 0.352 e. The molecule has 4 nitrogen and oxygen atoms in total. The summed E-state index contributed by atoms with van der Waals surface area (Å²) in [4.78, 5) is 16.4. The monoisotopic (exact) mass is 373 g/mol. The Balaban J connectivity index is 2.02. The van der Waals surface area contributed by atoms with Gasteiger partial charge in [0, 0.05) is 12.1 Å². The van der Waals surface area contributed by atoms with Gasteiger partial charge in [0.2, 0.25) is 5.91 Å². The van der Waals surface area contributed by atoms with E-state index in [9.17, 15) is 9.18 Å². The lowest BCUT2D eigenvalue weighted by atomic mass is 10.3. The van der Waals surface area contributed by atoms with E-state index in [-0.39, 0.29) is 29.7 Å². The van der Waals surface area contributed by atoms with Crippen LogP contribution < -0.4 is 5.32 Å². The van der Waals surface area contributed by atoms with Crippen molar-refractivity contribution in [1.82, 2.24) is 14.9 Å².